The summed E-state index contributed by atoms with van der Waals surface area (Å²) in [5.41, 5.74) is 5.28. The van der Waals surface area contributed by atoms with Crippen molar-refractivity contribution in [2.45, 2.75) is 33.4 Å². The van der Waals surface area contributed by atoms with Crippen LogP contribution in [-0.4, -0.2) is 9.78 Å². The number of rotatable bonds is 5. The monoisotopic (exact) mass is 249 g/mol. The number of aryl methyl sites for hydroxylation is 3. The maximum Gasteiger partial charge on any atom is 0.0666 e. The Bertz CT molecular complexity index is 485. The molecule has 0 unspecified atom stereocenters. The number of aromatic nitrogens is 2. The smallest absolute Gasteiger partial charge is 0.0666 e. The van der Waals surface area contributed by atoms with Crippen LogP contribution in [0.5, 0.6) is 0 Å². The van der Waals surface area contributed by atoms with Gasteiger partial charge in [-0.15, -0.1) is 0 Å². The van der Waals surface area contributed by atoms with E-state index in [9.17, 15) is 0 Å². The lowest BCUT2D eigenvalue weighted by Gasteiger charge is -2.04. The zero-order valence-corrected chi connectivity index (χ0v) is 11.5. The zero-order chi connectivity index (χ0) is 12.3. The minimum Gasteiger partial charge on any atom is -0.308 e. The maximum absolute atomic E-state index is 4.44. The van der Waals surface area contributed by atoms with Gasteiger partial charge in [0, 0.05) is 31.9 Å². The first-order chi connectivity index (χ1) is 8.20. The van der Waals surface area contributed by atoms with E-state index < -0.39 is 0 Å². The lowest BCUT2D eigenvalue weighted by molar-refractivity contribution is 0.687. The fourth-order valence-electron chi connectivity index (χ4n) is 1.93. The number of hydrogen-bond donors (Lipinski definition) is 1. The second-order valence-corrected chi connectivity index (χ2v) is 5.06. The first-order valence-electron chi connectivity index (χ1n) is 5.94. The van der Waals surface area contributed by atoms with E-state index in [0.29, 0.717) is 0 Å². The number of thiophene rings is 1. The summed E-state index contributed by atoms with van der Waals surface area (Å²) < 4.78 is 1.89. The fourth-order valence-corrected chi connectivity index (χ4v) is 2.79. The third kappa shape index (κ3) is 2.96. The van der Waals surface area contributed by atoms with Crippen LogP contribution in [0.4, 0.5) is 0 Å². The molecule has 0 saturated heterocycles. The maximum atomic E-state index is 4.44. The minimum absolute atomic E-state index is 0.895. The van der Waals surface area contributed by atoms with Gasteiger partial charge in [-0.2, -0.15) is 16.4 Å². The molecule has 0 aromatic carbocycles. The topological polar surface area (TPSA) is 29.9 Å². The van der Waals surface area contributed by atoms with Gasteiger partial charge in [-0.05, 0) is 35.2 Å². The van der Waals surface area contributed by atoms with E-state index in [4.69, 9.17) is 0 Å². The standard InChI is InChI=1S/C13H19N3S/c1-4-13-11(7-16(3)15-13)5-14-6-12-9-17-8-10(12)2/h7-9,14H,4-6H2,1-3H3. The van der Waals surface area contributed by atoms with E-state index in [2.05, 4.69) is 41.2 Å². The molecule has 0 aliphatic rings. The van der Waals surface area contributed by atoms with Gasteiger partial charge in [-0.1, -0.05) is 6.92 Å². The molecule has 3 nitrogen and oxygen atoms in total. The van der Waals surface area contributed by atoms with Crippen LogP contribution in [0.25, 0.3) is 0 Å². The molecule has 0 saturated carbocycles. The molecule has 0 aliphatic heterocycles. The van der Waals surface area contributed by atoms with Gasteiger partial charge in [0.05, 0.1) is 5.69 Å². The van der Waals surface area contributed by atoms with Crippen LogP contribution in [0.3, 0.4) is 0 Å². The highest BCUT2D eigenvalue weighted by Crippen LogP contribution is 2.13. The molecule has 92 valence electrons. The molecule has 0 radical (unpaired) electrons. The lowest BCUT2D eigenvalue weighted by atomic mass is 10.2. The van der Waals surface area contributed by atoms with Crippen LogP contribution in [0, 0.1) is 6.92 Å². The van der Waals surface area contributed by atoms with Gasteiger partial charge < -0.3 is 5.32 Å². The molecular formula is C13H19N3S. The highest BCUT2D eigenvalue weighted by molar-refractivity contribution is 7.08. The van der Waals surface area contributed by atoms with E-state index in [0.717, 1.165) is 19.5 Å². The largest absolute Gasteiger partial charge is 0.308 e. The van der Waals surface area contributed by atoms with Crippen LogP contribution in [-0.2, 0) is 26.6 Å². The van der Waals surface area contributed by atoms with Crippen molar-refractivity contribution in [3.05, 3.63) is 39.3 Å². The molecule has 0 bridgehead atoms. The zero-order valence-electron chi connectivity index (χ0n) is 10.7. The number of nitrogens with zero attached hydrogens (tertiary/aromatic N) is 2. The molecule has 2 heterocycles. The van der Waals surface area contributed by atoms with Crippen molar-refractivity contribution in [3.63, 3.8) is 0 Å². The van der Waals surface area contributed by atoms with Gasteiger partial charge in [0.15, 0.2) is 0 Å². The normalized spacial score (nSPS) is 11.0. The van der Waals surface area contributed by atoms with E-state index in [1.807, 2.05) is 11.7 Å². The van der Waals surface area contributed by atoms with E-state index in [-0.39, 0.29) is 0 Å². The molecule has 0 amide bonds. The predicted molar refractivity (Wildman–Crippen MR) is 72.2 cm³/mol. The Morgan fingerprint density at radius 1 is 1.29 bits per heavy atom. The van der Waals surface area contributed by atoms with Crippen LogP contribution in [0.15, 0.2) is 17.0 Å². The van der Waals surface area contributed by atoms with Gasteiger partial charge in [0.25, 0.3) is 0 Å². The highest BCUT2D eigenvalue weighted by Gasteiger charge is 2.05. The first-order valence-corrected chi connectivity index (χ1v) is 6.88. The Hall–Kier alpha value is -1.13. The fraction of sp³-hybridized carbons (Fsp3) is 0.462. The molecular weight excluding hydrogens is 230 g/mol. The third-order valence-corrected chi connectivity index (χ3v) is 3.83. The van der Waals surface area contributed by atoms with Crippen molar-refractivity contribution < 1.29 is 0 Å². The van der Waals surface area contributed by atoms with E-state index in [1.54, 1.807) is 11.3 Å². The Morgan fingerprint density at radius 2 is 2.06 bits per heavy atom. The van der Waals surface area contributed by atoms with Crippen LogP contribution in [0.2, 0.25) is 0 Å². The second kappa shape index (κ2) is 5.47. The molecule has 2 aromatic heterocycles. The summed E-state index contributed by atoms with van der Waals surface area (Å²) in [4.78, 5) is 0. The summed E-state index contributed by atoms with van der Waals surface area (Å²) in [5.74, 6) is 0. The van der Waals surface area contributed by atoms with Gasteiger partial charge in [0.1, 0.15) is 0 Å². The lowest BCUT2D eigenvalue weighted by Crippen LogP contribution is -2.13. The molecule has 17 heavy (non-hydrogen) atoms. The molecule has 0 spiro atoms. The number of hydrogen-bond acceptors (Lipinski definition) is 3. The molecule has 1 N–H and O–H groups in total. The minimum atomic E-state index is 0.895. The Kier molecular flexibility index (Phi) is 3.97. The highest BCUT2D eigenvalue weighted by atomic mass is 32.1. The van der Waals surface area contributed by atoms with Crippen molar-refractivity contribution in [1.82, 2.24) is 15.1 Å². The van der Waals surface area contributed by atoms with Crippen molar-refractivity contribution in [1.29, 1.82) is 0 Å². The predicted octanol–water partition coefficient (Wildman–Crippen LogP) is 2.64. The molecule has 0 aliphatic carbocycles. The Labute approximate surface area is 106 Å². The van der Waals surface area contributed by atoms with Crippen LogP contribution < -0.4 is 5.32 Å². The average molecular weight is 249 g/mol. The van der Waals surface area contributed by atoms with Gasteiger partial charge in [-0.25, -0.2) is 0 Å². The average Bonchev–Trinajstić information content (AvgIpc) is 2.86. The summed E-state index contributed by atoms with van der Waals surface area (Å²) in [6, 6.07) is 0. The summed E-state index contributed by atoms with van der Waals surface area (Å²) in [6.07, 6.45) is 3.10. The Balaban J connectivity index is 1.92. The summed E-state index contributed by atoms with van der Waals surface area (Å²) in [7, 11) is 1.98. The van der Waals surface area contributed by atoms with E-state index in [1.165, 1.54) is 22.4 Å². The molecule has 4 heteroatoms. The van der Waals surface area contributed by atoms with Gasteiger partial charge >= 0.3 is 0 Å². The first kappa shape index (κ1) is 12.3. The van der Waals surface area contributed by atoms with Gasteiger partial charge in [-0.3, -0.25) is 4.68 Å². The summed E-state index contributed by atoms with van der Waals surface area (Å²) in [6.45, 7) is 6.14. The van der Waals surface area contributed by atoms with Crippen LogP contribution in [0.1, 0.15) is 29.3 Å². The van der Waals surface area contributed by atoms with Crippen molar-refractivity contribution in [3.8, 4) is 0 Å². The molecule has 0 atom stereocenters. The molecule has 2 aromatic rings. The Morgan fingerprint density at radius 3 is 2.71 bits per heavy atom. The van der Waals surface area contributed by atoms with E-state index >= 15 is 0 Å². The molecule has 0 fully saturated rings. The molecule has 2 rings (SSSR count). The third-order valence-electron chi connectivity index (χ3n) is 2.92. The number of nitrogens with one attached hydrogen (secondary N) is 1. The quantitative estimate of drug-likeness (QED) is 0.883. The van der Waals surface area contributed by atoms with Crippen LogP contribution >= 0.6 is 11.3 Å². The summed E-state index contributed by atoms with van der Waals surface area (Å²) >= 11 is 1.77. The SMILES string of the molecule is CCc1nn(C)cc1CNCc1cscc1C. The summed E-state index contributed by atoms with van der Waals surface area (Å²) in [5, 5.41) is 12.3. The second-order valence-electron chi connectivity index (χ2n) is 4.31. The van der Waals surface area contributed by atoms with Crippen molar-refractivity contribution in [2.24, 2.45) is 7.05 Å². The van der Waals surface area contributed by atoms with Crippen molar-refractivity contribution >= 4 is 11.3 Å². The van der Waals surface area contributed by atoms with Gasteiger partial charge in [0.2, 0.25) is 0 Å². The van der Waals surface area contributed by atoms with Crippen molar-refractivity contribution in [2.75, 3.05) is 0 Å².